The molecule has 0 aromatic heterocycles. The van der Waals surface area contributed by atoms with Gasteiger partial charge in [0.15, 0.2) is 0 Å². The zero-order valence-electron chi connectivity index (χ0n) is 8.89. The van der Waals surface area contributed by atoms with Gasteiger partial charge in [0.05, 0.1) is 0 Å². The number of carbonyl (C=O) groups is 1. The molecule has 0 radical (unpaired) electrons. The Morgan fingerprint density at radius 2 is 1.31 bits per heavy atom. The Balaban J connectivity index is 0.00000128. The Labute approximate surface area is 94.7 Å². The first-order chi connectivity index (χ1) is 7.36. The fraction of sp³-hybridized carbons (Fsp3) is 0. The van der Waals surface area contributed by atoms with Gasteiger partial charge in [0.1, 0.15) is 0 Å². The smallest absolute Gasteiger partial charge is 0.255 e. The number of nitrogens with one attached hydrogen (secondary N) is 1. The second kappa shape index (κ2) is 5.68. The summed E-state index contributed by atoms with van der Waals surface area (Å²) >= 11 is 0. The van der Waals surface area contributed by atoms with Crippen LogP contribution in [0.4, 0.5) is 5.69 Å². The van der Waals surface area contributed by atoms with Gasteiger partial charge in [-0.2, -0.15) is 0 Å². The highest BCUT2D eigenvalue weighted by Crippen LogP contribution is 2.07. The van der Waals surface area contributed by atoms with E-state index < -0.39 is 0 Å². The van der Waals surface area contributed by atoms with E-state index in [1.165, 1.54) is 0 Å². The lowest BCUT2D eigenvalue weighted by Gasteiger charge is -2.03. The third-order valence-corrected chi connectivity index (χ3v) is 2.07. The van der Waals surface area contributed by atoms with E-state index in [-0.39, 0.29) is 12.1 Å². The van der Waals surface area contributed by atoms with E-state index in [1.54, 1.807) is 12.1 Å². The standard InChI is InChI=1S/C13H11NO.H3N/c15-13(11-7-3-1-4-8-11)14-12-9-5-2-6-10-12;/h1-10H,(H,14,15);1H3. The summed E-state index contributed by atoms with van der Waals surface area (Å²) in [5.41, 5.74) is 1.48. The zero-order valence-corrected chi connectivity index (χ0v) is 8.89. The van der Waals surface area contributed by atoms with Crippen LogP contribution < -0.4 is 11.5 Å². The van der Waals surface area contributed by atoms with Crippen molar-refractivity contribution >= 4 is 11.6 Å². The van der Waals surface area contributed by atoms with Gasteiger partial charge in [-0.25, -0.2) is 0 Å². The second-order valence-corrected chi connectivity index (χ2v) is 3.19. The molecule has 3 heteroatoms. The Bertz CT molecular complexity index is 440. The van der Waals surface area contributed by atoms with Crippen molar-refractivity contribution in [2.24, 2.45) is 0 Å². The first-order valence-electron chi connectivity index (χ1n) is 4.78. The predicted molar refractivity (Wildman–Crippen MR) is 65.9 cm³/mol. The van der Waals surface area contributed by atoms with E-state index in [2.05, 4.69) is 5.32 Å². The number of hydrogen-bond donors (Lipinski definition) is 2. The molecule has 0 spiro atoms. The van der Waals surface area contributed by atoms with Gasteiger partial charge in [0, 0.05) is 11.3 Å². The predicted octanol–water partition coefficient (Wildman–Crippen LogP) is 3.10. The van der Waals surface area contributed by atoms with Crippen molar-refractivity contribution in [2.45, 2.75) is 0 Å². The van der Waals surface area contributed by atoms with Gasteiger partial charge in [-0.1, -0.05) is 36.4 Å². The van der Waals surface area contributed by atoms with E-state index in [4.69, 9.17) is 0 Å². The maximum atomic E-state index is 11.7. The monoisotopic (exact) mass is 214 g/mol. The van der Waals surface area contributed by atoms with Gasteiger partial charge in [0.25, 0.3) is 5.91 Å². The third-order valence-electron chi connectivity index (χ3n) is 2.07. The maximum Gasteiger partial charge on any atom is 0.255 e. The molecule has 0 aliphatic carbocycles. The lowest BCUT2D eigenvalue weighted by atomic mass is 10.2. The molecule has 2 aromatic rings. The van der Waals surface area contributed by atoms with E-state index >= 15 is 0 Å². The number of para-hydroxylation sites is 1. The molecule has 0 saturated carbocycles. The largest absolute Gasteiger partial charge is 0.344 e. The number of hydrogen-bond acceptors (Lipinski definition) is 2. The summed E-state index contributed by atoms with van der Waals surface area (Å²) in [6.07, 6.45) is 0. The molecule has 0 bridgehead atoms. The molecule has 82 valence electrons. The van der Waals surface area contributed by atoms with Crippen LogP contribution in [0.1, 0.15) is 10.4 Å². The Morgan fingerprint density at radius 3 is 1.88 bits per heavy atom. The third kappa shape index (κ3) is 2.93. The molecule has 2 aromatic carbocycles. The van der Waals surface area contributed by atoms with Crippen molar-refractivity contribution < 1.29 is 4.79 Å². The topological polar surface area (TPSA) is 64.1 Å². The highest BCUT2D eigenvalue weighted by atomic mass is 16.1. The van der Waals surface area contributed by atoms with Gasteiger partial charge in [-0.05, 0) is 24.3 Å². The van der Waals surface area contributed by atoms with Crippen molar-refractivity contribution in [3.05, 3.63) is 66.2 Å². The average Bonchev–Trinajstić information content (AvgIpc) is 2.31. The van der Waals surface area contributed by atoms with Gasteiger partial charge in [-0.3, -0.25) is 4.79 Å². The molecule has 0 fully saturated rings. The molecule has 0 heterocycles. The minimum Gasteiger partial charge on any atom is -0.344 e. The molecule has 16 heavy (non-hydrogen) atoms. The van der Waals surface area contributed by atoms with Gasteiger partial charge >= 0.3 is 0 Å². The van der Waals surface area contributed by atoms with E-state index in [1.807, 2.05) is 48.5 Å². The van der Waals surface area contributed by atoms with Crippen LogP contribution in [0.2, 0.25) is 0 Å². The Hall–Kier alpha value is -2.13. The molecule has 4 N–H and O–H groups in total. The Morgan fingerprint density at radius 1 is 0.812 bits per heavy atom. The van der Waals surface area contributed by atoms with Crippen LogP contribution in [0.25, 0.3) is 0 Å². The number of amides is 1. The van der Waals surface area contributed by atoms with Crippen LogP contribution in [-0.4, -0.2) is 5.91 Å². The van der Waals surface area contributed by atoms with Crippen molar-refractivity contribution in [1.82, 2.24) is 6.15 Å². The molecule has 2 rings (SSSR count). The van der Waals surface area contributed by atoms with Crippen molar-refractivity contribution in [3.8, 4) is 0 Å². The molecule has 3 nitrogen and oxygen atoms in total. The van der Waals surface area contributed by atoms with Gasteiger partial charge in [-0.15, -0.1) is 0 Å². The maximum absolute atomic E-state index is 11.7. The van der Waals surface area contributed by atoms with E-state index in [0.717, 1.165) is 5.69 Å². The summed E-state index contributed by atoms with van der Waals surface area (Å²) < 4.78 is 0. The van der Waals surface area contributed by atoms with Crippen LogP contribution >= 0.6 is 0 Å². The molecule has 0 aliphatic heterocycles. The molecular formula is C13H14N2O. The number of rotatable bonds is 2. The van der Waals surface area contributed by atoms with Crippen molar-refractivity contribution in [3.63, 3.8) is 0 Å². The fourth-order valence-electron chi connectivity index (χ4n) is 1.31. The highest BCUT2D eigenvalue weighted by molar-refractivity contribution is 6.04. The van der Waals surface area contributed by atoms with Crippen LogP contribution in [0.3, 0.4) is 0 Å². The minimum absolute atomic E-state index is 0. The van der Waals surface area contributed by atoms with E-state index in [9.17, 15) is 4.79 Å². The first-order valence-corrected chi connectivity index (χ1v) is 4.78. The fourth-order valence-corrected chi connectivity index (χ4v) is 1.31. The summed E-state index contributed by atoms with van der Waals surface area (Å²) in [4.78, 5) is 11.7. The van der Waals surface area contributed by atoms with Crippen molar-refractivity contribution in [1.29, 1.82) is 0 Å². The quantitative estimate of drug-likeness (QED) is 0.806. The normalized spacial score (nSPS) is 9.00. The minimum atomic E-state index is -0.0817. The second-order valence-electron chi connectivity index (χ2n) is 3.19. The molecule has 1 amide bonds. The lowest BCUT2D eigenvalue weighted by molar-refractivity contribution is 0.102. The summed E-state index contributed by atoms with van der Waals surface area (Å²) in [5, 5.41) is 2.82. The Kier molecular flexibility index (Phi) is 4.24. The number of carbonyl (C=O) groups excluding carboxylic acids is 1. The highest BCUT2D eigenvalue weighted by Gasteiger charge is 2.03. The van der Waals surface area contributed by atoms with Crippen LogP contribution in [0.15, 0.2) is 60.7 Å². The van der Waals surface area contributed by atoms with Crippen LogP contribution in [-0.2, 0) is 0 Å². The van der Waals surface area contributed by atoms with E-state index in [0.29, 0.717) is 5.56 Å². The first kappa shape index (κ1) is 11.9. The summed E-state index contributed by atoms with van der Waals surface area (Å²) in [7, 11) is 0. The van der Waals surface area contributed by atoms with Crippen LogP contribution in [0.5, 0.6) is 0 Å². The van der Waals surface area contributed by atoms with Crippen LogP contribution in [0, 0.1) is 0 Å². The SMILES string of the molecule is N.O=C(Nc1ccccc1)c1ccccc1. The molecule has 0 saturated heterocycles. The molecular weight excluding hydrogens is 200 g/mol. The molecule has 0 aliphatic rings. The lowest BCUT2D eigenvalue weighted by Crippen LogP contribution is -2.11. The summed E-state index contributed by atoms with van der Waals surface area (Å²) in [6.45, 7) is 0. The summed E-state index contributed by atoms with van der Waals surface area (Å²) in [6, 6.07) is 18.6. The van der Waals surface area contributed by atoms with Gasteiger partial charge in [0.2, 0.25) is 0 Å². The zero-order chi connectivity index (χ0) is 10.5. The summed E-state index contributed by atoms with van der Waals surface area (Å²) in [5.74, 6) is -0.0817. The number of benzene rings is 2. The average molecular weight is 214 g/mol. The van der Waals surface area contributed by atoms with Crippen molar-refractivity contribution in [2.75, 3.05) is 5.32 Å². The molecule has 0 unspecified atom stereocenters. The molecule has 0 atom stereocenters. The van der Waals surface area contributed by atoms with Gasteiger partial charge < -0.3 is 11.5 Å². The number of anilines is 1.